The Morgan fingerprint density at radius 1 is 1.07 bits per heavy atom. The highest BCUT2D eigenvalue weighted by Crippen LogP contribution is 2.27. The SMILES string of the molecule is COc1ccc(CNc2nccc(C(=O)Nc3cccc(F)c3)n2)cc1OC. The number of amides is 1. The summed E-state index contributed by atoms with van der Waals surface area (Å²) in [6.45, 7) is 0.426. The molecule has 0 bridgehead atoms. The van der Waals surface area contributed by atoms with Crippen LogP contribution in [-0.2, 0) is 6.54 Å². The maximum Gasteiger partial charge on any atom is 0.274 e. The number of nitrogens with one attached hydrogen (secondary N) is 2. The van der Waals surface area contributed by atoms with E-state index in [0.29, 0.717) is 29.7 Å². The highest BCUT2D eigenvalue weighted by molar-refractivity contribution is 6.02. The van der Waals surface area contributed by atoms with Gasteiger partial charge in [0.1, 0.15) is 11.5 Å². The first kappa shape index (κ1) is 19.1. The number of hydrogen-bond donors (Lipinski definition) is 2. The van der Waals surface area contributed by atoms with Crippen LogP contribution in [0.25, 0.3) is 0 Å². The number of ether oxygens (including phenoxy) is 2. The smallest absolute Gasteiger partial charge is 0.274 e. The van der Waals surface area contributed by atoms with Crippen LogP contribution < -0.4 is 20.1 Å². The van der Waals surface area contributed by atoms with Crippen LogP contribution >= 0.6 is 0 Å². The van der Waals surface area contributed by atoms with Crippen molar-refractivity contribution in [2.24, 2.45) is 0 Å². The minimum Gasteiger partial charge on any atom is -0.493 e. The van der Waals surface area contributed by atoms with Crippen molar-refractivity contribution in [3.63, 3.8) is 0 Å². The molecule has 1 amide bonds. The lowest BCUT2D eigenvalue weighted by atomic mass is 10.2. The number of hydrogen-bond acceptors (Lipinski definition) is 6. The molecule has 2 aromatic carbocycles. The molecule has 1 aromatic heterocycles. The largest absolute Gasteiger partial charge is 0.493 e. The molecule has 1 heterocycles. The van der Waals surface area contributed by atoms with E-state index in [2.05, 4.69) is 20.6 Å². The second kappa shape index (κ2) is 8.81. The lowest BCUT2D eigenvalue weighted by Gasteiger charge is -2.11. The van der Waals surface area contributed by atoms with E-state index in [1.807, 2.05) is 12.1 Å². The van der Waals surface area contributed by atoms with Gasteiger partial charge in [-0.2, -0.15) is 0 Å². The molecule has 0 atom stereocenters. The summed E-state index contributed by atoms with van der Waals surface area (Å²) in [6, 6.07) is 12.7. The quantitative estimate of drug-likeness (QED) is 0.651. The monoisotopic (exact) mass is 382 g/mol. The minimum absolute atomic E-state index is 0.161. The number of nitrogens with zero attached hydrogens (tertiary/aromatic N) is 2. The zero-order valence-electron chi connectivity index (χ0n) is 15.4. The number of halogens is 1. The molecule has 0 aliphatic heterocycles. The van der Waals surface area contributed by atoms with Crippen LogP contribution in [0.15, 0.2) is 54.7 Å². The third-order valence-electron chi connectivity index (χ3n) is 3.87. The summed E-state index contributed by atoms with van der Waals surface area (Å²) in [5, 5.41) is 5.66. The summed E-state index contributed by atoms with van der Waals surface area (Å²) in [5.74, 6) is 0.658. The van der Waals surface area contributed by atoms with Gasteiger partial charge in [0.05, 0.1) is 14.2 Å². The number of benzene rings is 2. The summed E-state index contributed by atoms with van der Waals surface area (Å²) in [4.78, 5) is 20.6. The van der Waals surface area contributed by atoms with E-state index in [0.717, 1.165) is 5.56 Å². The molecule has 0 saturated heterocycles. The van der Waals surface area contributed by atoms with Gasteiger partial charge in [-0.1, -0.05) is 12.1 Å². The van der Waals surface area contributed by atoms with Crippen LogP contribution in [0.3, 0.4) is 0 Å². The van der Waals surface area contributed by atoms with Crippen LogP contribution in [0, 0.1) is 5.82 Å². The third kappa shape index (κ3) is 4.73. The molecule has 28 heavy (non-hydrogen) atoms. The van der Waals surface area contributed by atoms with Gasteiger partial charge in [0.2, 0.25) is 5.95 Å². The molecule has 7 nitrogen and oxygen atoms in total. The summed E-state index contributed by atoms with van der Waals surface area (Å²) < 4.78 is 23.7. The van der Waals surface area contributed by atoms with Gasteiger partial charge in [-0.15, -0.1) is 0 Å². The Labute approximate surface area is 161 Å². The highest BCUT2D eigenvalue weighted by atomic mass is 19.1. The van der Waals surface area contributed by atoms with E-state index in [4.69, 9.17) is 9.47 Å². The first-order valence-corrected chi connectivity index (χ1v) is 8.44. The normalized spacial score (nSPS) is 10.2. The predicted octanol–water partition coefficient (Wildman–Crippen LogP) is 3.50. The maximum absolute atomic E-state index is 13.2. The van der Waals surface area contributed by atoms with Crippen molar-refractivity contribution >= 4 is 17.5 Å². The van der Waals surface area contributed by atoms with Crippen molar-refractivity contribution in [3.05, 3.63) is 71.8 Å². The summed E-state index contributed by atoms with van der Waals surface area (Å²) >= 11 is 0. The first-order chi connectivity index (χ1) is 13.6. The second-order valence-corrected chi connectivity index (χ2v) is 5.77. The molecule has 0 spiro atoms. The molecule has 0 saturated carbocycles. The van der Waals surface area contributed by atoms with E-state index >= 15 is 0 Å². The number of methoxy groups -OCH3 is 2. The fraction of sp³-hybridized carbons (Fsp3) is 0.150. The molecule has 3 rings (SSSR count). The van der Waals surface area contributed by atoms with Crippen LogP contribution in [0.4, 0.5) is 16.0 Å². The Morgan fingerprint density at radius 2 is 1.89 bits per heavy atom. The van der Waals surface area contributed by atoms with E-state index in [-0.39, 0.29) is 5.69 Å². The van der Waals surface area contributed by atoms with Gasteiger partial charge in [-0.25, -0.2) is 14.4 Å². The second-order valence-electron chi connectivity index (χ2n) is 5.77. The molecule has 0 aliphatic carbocycles. The number of carbonyl (C=O) groups is 1. The average molecular weight is 382 g/mol. The standard InChI is InChI=1S/C20H19FN4O3/c1-27-17-7-6-13(10-18(17)28-2)12-23-20-22-9-8-16(25-20)19(26)24-15-5-3-4-14(21)11-15/h3-11H,12H2,1-2H3,(H,24,26)(H,22,23,25). The van der Waals surface area contributed by atoms with Crippen LogP contribution in [0.1, 0.15) is 16.1 Å². The molecule has 0 fully saturated rings. The Kier molecular flexibility index (Phi) is 6.01. The van der Waals surface area contributed by atoms with Crippen molar-refractivity contribution in [2.45, 2.75) is 6.54 Å². The lowest BCUT2D eigenvalue weighted by molar-refractivity contribution is 0.102. The zero-order chi connectivity index (χ0) is 19.9. The fourth-order valence-corrected chi connectivity index (χ4v) is 2.50. The summed E-state index contributed by atoms with van der Waals surface area (Å²) in [6.07, 6.45) is 1.48. The number of anilines is 2. The van der Waals surface area contributed by atoms with Gasteiger partial charge < -0.3 is 20.1 Å². The van der Waals surface area contributed by atoms with Gasteiger partial charge in [0, 0.05) is 18.4 Å². The number of carbonyl (C=O) groups excluding carboxylic acids is 1. The van der Waals surface area contributed by atoms with Crippen molar-refractivity contribution < 1.29 is 18.7 Å². The molecule has 8 heteroatoms. The Bertz CT molecular complexity index is 981. The molecule has 3 aromatic rings. The topological polar surface area (TPSA) is 85.4 Å². The molecule has 2 N–H and O–H groups in total. The Hall–Kier alpha value is -3.68. The van der Waals surface area contributed by atoms with Crippen molar-refractivity contribution in [2.75, 3.05) is 24.9 Å². The van der Waals surface area contributed by atoms with Gasteiger partial charge >= 0.3 is 0 Å². The number of aromatic nitrogens is 2. The van der Waals surface area contributed by atoms with Crippen molar-refractivity contribution in [1.82, 2.24) is 9.97 Å². The molecule has 144 valence electrons. The summed E-state index contributed by atoms with van der Waals surface area (Å²) in [7, 11) is 3.14. The zero-order valence-corrected chi connectivity index (χ0v) is 15.4. The summed E-state index contributed by atoms with van der Waals surface area (Å²) in [5.41, 5.74) is 1.44. The Balaban J connectivity index is 1.67. The molecule has 0 radical (unpaired) electrons. The Morgan fingerprint density at radius 3 is 2.64 bits per heavy atom. The van der Waals surface area contributed by atoms with Crippen LogP contribution in [0.5, 0.6) is 11.5 Å². The van der Waals surface area contributed by atoms with Gasteiger partial charge in [0.15, 0.2) is 11.5 Å². The highest BCUT2D eigenvalue weighted by Gasteiger charge is 2.10. The van der Waals surface area contributed by atoms with E-state index in [9.17, 15) is 9.18 Å². The maximum atomic E-state index is 13.2. The average Bonchev–Trinajstić information content (AvgIpc) is 2.72. The van der Waals surface area contributed by atoms with Gasteiger partial charge in [-0.05, 0) is 42.0 Å². The van der Waals surface area contributed by atoms with Crippen molar-refractivity contribution in [3.8, 4) is 11.5 Å². The van der Waals surface area contributed by atoms with Crippen LogP contribution in [0.2, 0.25) is 0 Å². The molecular weight excluding hydrogens is 363 g/mol. The fourth-order valence-electron chi connectivity index (χ4n) is 2.50. The number of rotatable bonds is 7. The minimum atomic E-state index is -0.456. The van der Waals surface area contributed by atoms with Crippen LogP contribution in [-0.4, -0.2) is 30.1 Å². The van der Waals surface area contributed by atoms with Crippen molar-refractivity contribution in [1.29, 1.82) is 0 Å². The van der Waals surface area contributed by atoms with E-state index < -0.39 is 11.7 Å². The first-order valence-electron chi connectivity index (χ1n) is 8.44. The van der Waals surface area contributed by atoms with E-state index in [1.165, 1.54) is 30.5 Å². The van der Waals surface area contributed by atoms with Gasteiger partial charge in [0.25, 0.3) is 5.91 Å². The molecular formula is C20H19FN4O3. The molecule has 0 unspecified atom stereocenters. The van der Waals surface area contributed by atoms with Gasteiger partial charge in [-0.3, -0.25) is 4.79 Å². The third-order valence-corrected chi connectivity index (χ3v) is 3.87. The molecule has 0 aliphatic rings. The van der Waals surface area contributed by atoms with E-state index in [1.54, 1.807) is 26.4 Å². The lowest BCUT2D eigenvalue weighted by Crippen LogP contribution is -2.15. The predicted molar refractivity (Wildman–Crippen MR) is 103 cm³/mol.